The summed E-state index contributed by atoms with van der Waals surface area (Å²) in [4.78, 5) is 0. The molecule has 0 spiro atoms. The monoisotopic (exact) mass is 181 g/mol. The highest BCUT2D eigenvalue weighted by atomic mass is 35.6. The van der Waals surface area contributed by atoms with Gasteiger partial charge in [-0.2, -0.15) is 0 Å². The predicted octanol–water partition coefficient (Wildman–Crippen LogP) is 2.15. The first-order chi connectivity index (χ1) is 3.15. The molecule has 0 aliphatic rings. The molecular weight excluding hydrogens is 172 g/mol. The molecule has 0 saturated heterocycles. The Kier molecular flexibility index (Phi) is 31.1. The zero-order chi connectivity index (χ0) is 6.28. The van der Waals surface area contributed by atoms with Crippen molar-refractivity contribution >= 4 is 34.8 Å². The van der Waals surface area contributed by atoms with Crippen molar-refractivity contribution in [3.8, 4) is 0 Å². The van der Waals surface area contributed by atoms with Crippen LogP contribution in [0.5, 0.6) is 0 Å². The van der Waals surface area contributed by atoms with Crippen LogP contribution in [0, 0.1) is 0 Å². The average molecular weight is 182 g/mol. The van der Waals surface area contributed by atoms with Crippen LogP contribution >= 0.6 is 34.8 Å². The molecular formula is C3H10Cl3NO. The van der Waals surface area contributed by atoms with Crippen molar-refractivity contribution in [1.82, 2.24) is 6.15 Å². The molecule has 0 amide bonds. The van der Waals surface area contributed by atoms with Gasteiger partial charge in [0.2, 0.25) is 0 Å². The van der Waals surface area contributed by atoms with Gasteiger partial charge in [0.25, 0.3) is 0 Å². The zero-order valence-corrected chi connectivity index (χ0v) is 6.84. The van der Waals surface area contributed by atoms with Gasteiger partial charge in [0.15, 0.2) is 4.30 Å². The molecule has 0 rings (SSSR count). The first kappa shape index (κ1) is 15.9. The van der Waals surface area contributed by atoms with Gasteiger partial charge in [-0.05, 0) is 6.92 Å². The van der Waals surface area contributed by atoms with Crippen LogP contribution in [0.2, 0.25) is 0 Å². The predicted molar refractivity (Wildman–Crippen MR) is 39.1 cm³/mol. The van der Waals surface area contributed by atoms with Gasteiger partial charge in [0.1, 0.15) is 0 Å². The van der Waals surface area contributed by atoms with E-state index in [2.05, 4.69) is 0 Å². The Hall–Kier alpha value is 0.790. The van der Waals surface area contributed by atoms with Gasteiger partial charge in [-0.15, -0.1) is 0 Å². The van der Waals surface area contributed by atoms with E-state index >= 15 is 0 Å². The van der Waals surface area contributed by atoms with Crippen molar-refractivity contribution in [1.29, 1.82) is 0 Å². The third-order valence-corrected chi connectivity index (χ3v) is 0. The maximum atomic E-state index is 7.57. The SMILES string of the molecule is CCO.ClC(Cl)Cl.N. The quantitative estimate of drug-likeness (QED) is 0.564. The van der Waals surface area contributed by atoms with Crippen molar-refractivity contribution in [3.05, 3.63) is 0 Å². The molecule has 5 heteroatoms. The maximum absolute atomic E-state index is 7.57. The van der Waals surface area contributed by atoms with Gasteiger partial charge in [0, 0.05) is 6.61 Å². The lowest BCUT2D eigenvalue weighted by atomic mass is 10.9. The molecule has 0 radical (unpaired) electrons. The van der Waals surface area contributed by atoms with Crippen LogP contribution in [-0.4, -0.2) is 16.0 Å². The first-order valence-corrected chi connectivity index (χ1v) is 2.99. The molecule has 0 heterocycles. The van der Waals surface area contributed by atoms with Crippen LogP contribution in [0.25, 0.3) is 0 Å². The number of halogens is 3. The zero-order valence-electron chi connectivity index (χ0n) is 4.57. The molecule has 4 N–H and O–H groups in total. The van der Waals surface area contributed by atoms with Gasteiger partial charge in [0.05, 0.1) is 0 Å². The van der Waals surface area contributed by atoms with Crippen molar-refractivity contribution in [2.75, 3.05) is 6.61 Å². The van der Waals surface area contributed by atoms with E-state index in [4.69, 9.17) is 39.9 Å². The Morgan fingerprint density at radius 1 is 1.38 bits per heavy atom. The van der Waals surface area contributed by atoms with E-state index in [-0.39, 0.29) is 12.8 Å². The van der Waals surface area contributed by atoms with E-state index < -0.39 is 4.30 Å². The van der Waals surface area contributed by atoms with Crippen LogP contribution in [0.15, 0.2) is 0 Å². The van der Waals surface area contributed by atoms with Crippen LogP contribution in [0.3, 0.4) is 0 Å². The second-order valence-electron chi connectivity index (χ2n) is 0.564. The fourth-order valence-corrected chi connectivity index (χ4v) is 0. The number of aliphatic hydroxyl groups excluding tert-OH is 1. The third-order valence-electron chi connectivity index (χ3n) is 0. The molecule has 8 heavy (non-hydrogen) atoms. The van der Waals surface area contributed by atoms with Gasteiger partial charge in [-0.1, -0.05) is 34.8 Å². The minimum atomic E-state index is -0.750. The summed E-state index contributed by atoms with van der Waals surface area (Å²) < 4.78 is -0.750. The van der Waals surface area contributed by atoms with Crippen molar-refractivity contribution < 1.29 is 5.11 Å². The summed E-state index contributed by atoms with van der Waals surface area (Å²) in [6, 6.07) is 0. The highest BCUT2D eigenvalue weighted by molar-refractivity contribution is 6.63. The fourth-order valence-electron chi connectivity index (χ4n) is 0. The van der Waals surface area contributed by atoms with Crippen molar-refractivity contribution in [2.45, 2.75) is 11.2 Å². The molecule has 0 saturated carbocycles. The number of aliphatic hydroxyl groups is 1. The smallest absolute Gasteiger partial charge is 0.180 e. The summed E-state index contributed by atoms with van der Waals surface area (Å²) in [5, 5.41) is 7.57. The van der Waals surface area contributed by atoms with Crippen LogP contribution in [0.1, 0.15) is 6.92 Å². The highest BCUT2D eigenvalue weighted by Gasteiger charge is 1.78. The summed E-state index contributed by atoms with van der Waals surface area (Å²) in [5.41, 5.74) is 0. The molecule has 0 fully saturated rings. The summed E-state index contributed by atoms with van der Waals surface area (Å²) in [5.74, 6) is 0. The second-order valence-corrected chi connectivity index (χ2v) is 2.54. The van der Waals surface area contributed by atoms with Gasteiger partial charge in [-0.25, -0.2) is 0 Å². The van der Waals surface area contributed by atoms with Crippen LogP contribution < -0.4 is 6.15 Å². The lowest BCUT2D eigenvalue weighted by Crippen LogP contribution is -1.57. The number of alkyl halides is 3. The van der Waals surface area contributed by atoms with Crippen molar-refractivity contribution in [2.24, 2.45) is 0 Å². The van der Waals surface area contributed by atoms with Crippen LogP contribution in [-0.2, 0) is 0 Å². The summed E-state index contributed by atoms with van der Waals surface area (Å²) >= 11 is 14.4. The largest absolute Gasteiger partial charge is 0.397 e. The van der Waals surface area contributed by atoms with E-state index in [1.165, 1.54) is 0 Å². The maximum Gasteiger partial charge on any atom is 0.180 e. The lowest BCUT2D eigenvalue weighted by molar-refractivity contribution is 0.318. The normalized spacial score (nSPS) is 6.75. The van der Waals surface area contributed by atoms with E-state index in [0.29, 0.717) is 0 Å². The minimum Gasteiger partial charge on any atom is -0.397 e. The molecule has 0 aliphatic carbocycles. The fraction of sp³-hybridized carbons (Fsp3) is 1.00. The van der Waals surface area contributed by atoms with Gasteiger partial charge >= 0.3 is 0 Å². The number of rotatable bonds is 0. The molecule has 0 aliphatic heterocycles. The van der Waals surface area contributed by atoms with Gasteiger partial charge < -0.3 is 11.3 Å². The van der Waals surface area contributed by atoms with Crippen molar-refractivity contribution in [3.63, 3.8) is 0 Å². The Morgan fingerprint density at radius 2 is 1.38 bits per heavy atom. The number of hydrogen-bond acceptors (Lipinski definition) is 2. The Morgan fingerprint density at radius 3 is 1.38 bits per heavy atom. The molecule has 0 aromatic carbocycles. The molecule has 2 nitrogen and oxygen atoms in total. The minimum absolute atomic E-state index is 0. The lowest BCUT2D eigenvalue weighted by Gasteiger charge is -1.69. The summed E-state index contributed by atoms with van der Waals surface area (Å²) in [6.45, 7) is 1.93. The Balaban J connectivity index is -0.0000000575. The standard InChI is InChI=1S/C2H6O.CHCl3.H3N/c1-2-3;2-1(3)4;/h3H,2H2,1H3;1H;1H3. The molecule has 0 unspecified atom stereocenters. The Labute approximate surface area is 64.3 Å². The topological polar surface area (TPSA) is 55.2 Å². The molecule has 0 atom stereocenters. The number of hydrogen-bond donors (Lipinski definition) is 2. The van der Waals surface area contributed by atoms with Crippen LogP contribution in [0.4, 0.5) is 0 Å². The van der Waals surface area contributed by atoms with E-state index in [9.17, 15) is 0 Å². The summed E-state index contributed by atoms with van der Waals surface area (Å²) in [6.07, 6.45) is 0. The first-order valence-electron chi connectivity index (χ1n) is 1.68. The molecule has 0 aromatic heterocycles. The molecule has 0 aromatic rings. The van der Waals surface area contributed by atoms with Gasteiger partial charge in [-0.3, -0.25) is 0 Å². The molecule has 0 bridgehead atoms. The van der Waals surface area contributed by atoms with E-state index in [1.54, 1.807) is 6.92 Å². The third kappa shape index (κ3) is 365. The average Bonchev–Trinajstić information content (AvgIpc) is 1.33. The van der Waals surface area contributed by atoms with E-state index in [1.807, 2.05) is 0 Å². The summed E-state index contributed by atoms with van der Waals surface area (Å²) in [7, 11) is 0. The molecule has 54 valence electrons. The second kappa shape index (κ2) is 15.7. The van der Waals surface area contributed by atoms with E-state index in [0.717, 1.165) is 0 Å². The Bertz CT molecular complexity index is 25.7. The highest BCUT2D eigenvalue weighted by Crippen LogP contribution is 2.03.